The van der Waals surface area contributed by atoms with Gasteiger partial charge in [-0.25, -0.2) is 4.79 Å². The maximum absolute atomic E-state index is 12.9. The van der Waals surface area contributed by atoms with Gasteiger partial charge in [-0.15, -0.1) is 0 Å². The van der Waals surface area contributed by atoms with Gasteiger partial charge < -0.3 is 33.7 Å². The van der Waals surface area contributed by atoms with Crippen molar-refractivity contribution in [1.29, 1.82) is 5.41 Å². The van der Waals surface area contributed by atoms with E-state index in [2.05, 4.69) is 5.32 Å². The summed E-state index contributed by atoms with van der Waals surface area (Å²) >= 11 is 34.8. The molecule has 0 unspecified atom stereocenters. The van der Waals surface area contributed by atoms with Crippen molar-refractivity contribution < 1.29 is 38.0 Å². The van der Waals surface area contributed by atoms with Gasteiger partial charge >= 0.3 is 12.1 Å². The van der Waals surface area contributed by atoms with Gasteiger partial charge in [-0.1, -0.05) is 130 Å². The van der Waals surface area contributed by atoms with E-state index in [0.717, 1.165) is 11.1 Å². The molecule has 10 nitrogen and oxygen atoms in total. The summed E-state index contributed by atoms with van der Waals surface area (Å²) in [7, 11) is 0. The number of carbonyl (C=O) groups is 2. The van der Waals surface area contributed by atoms with Crippen LogP contribution in [0.25, 0.3) is 0 Å². The van der Waals surface area contributed by atoms with Crippen molar-refractivity contribution in [2.75, 3.05) is 13.2 Å². The molecule has 1 saturated heterocycles. The van der Waals surface area contributed by atoms with Crippen molar-refractivity contribution in [3.8, 4) is 0 Å². The summed E-state index contributed by atoms with van der Waals surface area (Å²) in [4.78, 5) is 24.6. The van der Waals surface area contributed by atoms with Crippen LogP contribution in [0.5, 0.6) is 0 Å². The molecule has 1 fully saturated rings. The number of hydrogen-bond acceptors (Lipinski definition) is 9. The zero-order valence-electron chi connectivity index (χ0n) is 22.5. The molecule has 16 heteroatoms. The number of alkyl halides is 6. The van der Waals surface area contributed by atoms with Crippen molar-refractivity contribution in [2.45, 2.75) is 58.4 Å². The Hall–Kier alpha value is -1.73. The number of hydrogen-bond donors (Lipinski definition) is 2. The largest absolute Gasteiger partial charge is 0.463 e. The third kappa shape index (κ3) is 12.3. The van der Waals surface area contributed by atoms with Gasteiger partial charge in [-0.2, -0.15) is 0 Å². The maximum atomic E-state index is 12.9. The first kappa shape index (κ1) is 35.7. The zero-order chi connectivity index (χ0) is 31.6. The minimum Gasteiger partial charge on any atom is -0.463 e. The molecule has 2 aromatic carbocycles. The number of benzene rings is 2. The quantitative estimate of drug-likeness (QED) is 0.120. The number of esters is 1. The molecule has 1 aliphatic rings. The summed E-state index contributed by atoms with van der Waals surface area (Å²) in [6.45, 7) is 0.476. The highest BCUT2D eigenvalue weighted by atomic mass is 35.6. The molecule has 2 aromatic rings. The highest BCUT2D eigenvalue weighted by Gasteiger charge is 2.51. The summed E-state index contributed by atoms with van der Waals surface area (Å²) in [6, 6.07) is 17.1. The topological polar surface area (TPSA) is 125 Å². The summed E-state index contributed by atoms with van der Waals surface area (Å²) in [6.07, 6.45) is -5.66. The first-order valence-corrected chi connectivity index (χ1v) is 14.9. The average molecular weight is 721 g/mol. The van der Waals surface area contributed by atoms with E-state index in [1.54, 1.807) is 0 Å². The van der Waals surface area contributed by atoms with Crippen LogP contribution >= 0.6 is 69.6 Å². The molecule has 1 aliphatic heterocycles. The van der Waals surface area contributed by atoms with Crippen LogP contribution in [-0.2, 0) is 46.4 Å². The van der Waals surface area contributed by atoms with Crippen LogP contribution in [0.4, 0.5) is 4.79 Å². The van der Waals surface area contributed by atoms with Crippen LogP contribution in [0.15, 0.2) is 60.7 Å². The predicted molar refractivity (Wildman–Crippen MR) is 163 cm³/mol. The van der Waals surface area contributed by atoms with Gasteiger partial charge in [0.25, 0.3) is 3.79 Å². The number of nitrogens with one attached hydrogen (secondary N) is 2. The van der Waals surface area contributed by atoms with E-state index in [-0.39, 0.29) is 19.8 Å². The van der Waals surface area contributed by atoms with Crippen molar-refractivity contribution >= 4 is 87.6 Å². The lowest BCUT2D eigenvalue weighted by atomic mass is 9.96. The third-order valence-corrected chi connectivity index (χ3v) is 6.65. The Morgan fingerprint density at radius 1 is 0.860 bits per heavy atom. The Morgan fingerprint density at radius 2 is 1.40 bits per heavy atom. The number of ether oxygens (including phenoxy) is 6. The Labute approximate surface area is 278 Å². The smallest absolute Gasteiger partial charge is 0.407 e. The number of rotatable bonds is 11. The van der Waals surface area contributed by atoms with Gasteiger partial charge in [0.15, 0.2) is 0 Å². The van der Waals surface area contributed by atoms with Gasteiger partial charge in [0.05, 0.1) is 13.2 Å². The normalized spacial score (nSPS) is 22.3. The Balaban J connectivity index is 2.00. The molecule has 0 bridgehead atoms. The summed E-state index contributed by atoms with van der Waals surface area (Å²) in [5.74, 6) is -1.41. The molecule has 1 heterocycles. The van der Waals surface area contributed by atoms with E-state index in [4.69, 9.17) is 103 Å². The molecule has 0 saturated carbocycles. The molecule has 0 aliphatic carbocycles. The van der Waals surface area contributed by atoms with Crippen LogP contribution in [0, 0.1) is 5.41 Å². The Kier molecular flexibility index (Phi) is 13.8. The fourth-order valence-electron chi connectivity index (χ4n) is 3.93. The van der Waals surface area contributed by atoms with E-state index in [1.165, 1.54) is 6.92 Å². The minimum atomic E-state index is -2.28. The Bertz CT molecular complexity index is 1200. The van der Waals surface area contributed by atoms with Crippen LogP contribution in [0.1, 0.15) is 18.1 Å². The predicted octanol–water partition coefficient (Wildman–Crippen LogP) is 6.27. The highest BCUT2D eigenvalue weighted by Crippen LogP contribution is 2.33. The zero-order valence-corrected chi connectivity index (χ0v) is 27.1. The lowest BCUT2D eigenvalue weighted by Gasteiger charge is -2.46. The molecule has 3 rings (SSSR count). The maximum Gasteiger partial charge on any atom is 0.407 e. The van der Waals surface area contributed by atoms with Crippen molar-refractivity contribution in [3.05, 3.63) is 71.8 Å². The van der Waals surface area contributed by atoms with E-state index in [9.17, 15) is 9.59 Å². The summed E-state index contributed by atoms with van der Waals surface area (Å²) < 4.78 is 30.4. The van der Waals surface area contributed by atoms with Crippen molar-refractivity contribution in [1.82, 2.24) is 5.32 Å². The van der Waals surface area contributed by atoms with Gasteiger partial charge in [0.2, 0.25) is 16.0 Å². The second-order valence-corrected chi connectivity index (χ2v) is 14.0. The number of amides is 1. The average Bonchev–Trinajstić information content (AvgIpc) is 2.94. The van der Waals surface area contributed by atoms with Crippen molar-refractivity contribution in [2.24, 2.45) is 0 Å². The Morgan fingerprint density at radius 3 is 1.88 bits per heavy atom. The standard InChI is InChI=1S/C27H28Cl6N2O8/c1-16(36)38-14-19-21(39-12-17-8-4-2-5-9-17)22(40-13-18-10-6-3-7-11-18)20(35-25(37)41-15-26(28,29)30)23(42-19)43-24(34)27(31,32)33/h2-11,19-23,34H,12-15H2,1H3,(H,35,37)/t19-,20-,21-,22-,23+/m1/s1. The summed E-state index contributed by atoms with van der Waals surface area (Å²) in [5, 5.41) is 10.7. The SMILES string of the molecule is CC(=O)OC[C@H]1O[C@@H](OC(=N)C(Cl)(Cl)Cl)[C@H](NC(=O)OCC(Cl)(Cl)Cl)[C@@H](OCc2ccccc2)[C@@H]1OCc1ccccc1. The molecule has 0 spiro atoms. The second-order valence-electron chi connectivity index (χ2n) is 9.17. The lowest BCUT2D eigenvalue weighted by molar-refractivity contribution is -0.271. The molecular formula is C27H28Cl6N2O8. The minimum absolute atomic E-state index is 0.0486. The molecule has 2 N–H and O–H groups in total. The second kappa shape index (κ2) is 16.5. The molecule has 0 radical (unpaired) electrons. The molecular weight excluding hydrogens is 693 g/mol. The first-order chi connectivity index (χ1) is 20.2. The van der Waals surface area contributed by atoms with Gasteiger partial charge in [0.1, 0.15) is 37.6 Å². The van der Waals surface area contributed by atoms with Gasteiger partial charge in [0, 0.05) is 6.92 Å². The van der Waals surface area contributed by atoms with Gasteiger partial charge in [-0.05, 0) is 11.1 Å². The molecule has 236 valence electrons. The number of alkyl carbamates (subject to hydrolysis) is 1. The molecule has 5 atom stereocenters. The number of carbonyl (C=O) groups excluding carboxylic acids is 2. The van der Waals surface area contributed by atoms with Crippen LogP contribution in [0.3, 0.4) is 0 Å². The fraction of sp³-hybridized carbons (Fsp3) is 0.444. The van der Waals surface area contributed by atoms with E-state index < -0.39 is 62.8 Å². The van der Waals surface area contributed by atoms with Crippen LogP contribution in [-0.4, -0.2) is 69.4 Å². The van der Waals surface area contributed by atoms with Crippen LogP contribution < -0.4 is 5.32 Å². The van der Waals surface area contributed by atoms with E-state index in [0.29, 0.717) is 0 Å². The van der Waals surface area contributed by atoms with E-state index in [1.807, 2.05) is 60.7 Å². The highest BCUT2D eigenvalue weighted by molar-refractivity contribution is 6.76. The number of halogens is 6. The third-order valence-electron chi connectivity index (χ3n) is 5.81. The lowest BCUT2D eigenvalue weighted by Crippen LogP contribution is -2.66. The first-order valence-electron chi connectivity index (χ1n) is 12.7. The summed E-state index contributed by atoms with van der Waals surface area (Å²) in [5.41, 5.74) is 1.61. The van der Waals surface area contributed by atoms with E-state index >= 15 is 0 Å². The fourth-order valence-corrected chi connectivity index (χ4v) is 4.23. The molecule has 43 heavy (non-hydrogen) atoms. The molecule has 0 aromatic heterocycles. The van der Waals surface area contributed by atoms with Crippen LogP contribution in [0.2, 0.25) is 0 Å². The molecule has 1 amide bonds. The van der Waals surface area contributed by atoms with Gasteiger partial charge in [-0.3, -0.25) is 10.2 Å². The van der Waals surface area contributed by atoms with Crippen molar-refractivity contribution in [3.63, 3.8) is 0 Å². The monoisotopic (exact) mass is 718 g/mol.